The van der Waals surface area contributed by atoms with Crippen molar-refractivity contribution in [2.75, 3.05) is 6.54 Å². The number of nitrogens with zero attached hydrogens (tertiary/aromatic N) is 2. The number of carbonyl (C=O) groups excluding carboxylic acids is 3. The second-order valence-corrected chi connectivity index (χ2v) is 19.0. The predicted octanol–water partition coefficient (Wildman–Crippen LogP) is 7.99. The van der Waals surface area contributed by atoms with Gasteiger partial charge in [-0.15, -0.1) is 0 Å². The van der Waals surface area contributed by atoms with Crippen LogP contribution in [0.15, 0.2) is 36.4 Å². The highest BCUT2D eigenvalue weighted by Crippen LogP contribution is 2.37. The quantitative estimate of drug-likeness (QED) is 0.134. The van der Waals surface area contributed by atoms with E-state index in [-0.39, 0.29) is 28.6 Å². The van der Waals surface area contributed by atoms with Crippen molar-refractivity contribution >= 4 is 55.2 Å². The molecule has 2 aromatic carbocycles. The number of nitro benzene ring substituents is 1. The molecule has 1 N–H and O–H groups in total. The fourth-order valence-corrected chi connectivity index (χ4v) is 5.85. The lowest BCUT2D eigenvalue weighted by Crippen LogP contribution is -2.52. The van der Waals surface area contributed by atoms with Crippen LogP contribution in [0.5, 0.6) is 5.75 Å². The number of nitro groups is 1. The van der Waals surface area contributed by atoms with Crippen LogP contribution in [-0.2, 0) is 9.47 Å². The maximum absolute atomic E-state index is 13.4. The van der Waals surface area contributed by atoms with Crippen LogP contribution < -0.4 is 9.74 Å². The number of carbonyl (C=O) groups is 3. The minimum atomic E-state index is -2.08. The van der Waals surface area contributed by atoms with Crippen LogP contribution in [0.3, 0.4) is 0 Å². The van der Waals surface area contributed by atoms with Crippen molar-refractivity contribution in [3.8, 4) is 5.75 Å². The molecular formula is C31H41Cl2N3O8Si. The van der Waals surface area contributed by atoms with Gasteiger partial charge in [-0.1, -0.05) is 44.0 Å². The molecule has 1 aliphatic rings. The van der Waals surface area contributed by atoms with E-state index in [2.05, 4.69) is 39.2 Å². The molecule has 0 aliphatic carbocycles. The number of likely N-dealkylation sites (tertiary alicyclic amines) is 1. The molecule has 14 heteroatoms. The first kappa shape index (κ1) is 36.1. The van der Waals surface area contributed by atoms with Crippen LogP contribution >= 0.6 is 23.2 Å². The third-order valence-electron chi connectivity index (χ3n) is 7.72. The molecular weight excluding hydrogens is 641 g/mol. The Hall–Kier alpha value is -3.35. The maximum Gasteiger partial charge on any atom is 0.411 e. The maximum atomic E-state index is 13.4. The Bertz CT molecular complexity index is 1440. The van der Waals surface area contributed by atoms with Gasteiger partial charge in [0.15, 0.2) is 0 Å². The van der Waals surface area contributed by atoms with Gasteiger partial charge >= 0.3 is 12.1 Å². The molecule has 246 valence electrons. The number of amides is 2. The third kappa shape index (κ3) is 9.57. The monoisotopic (exact) mass is 681 g/mol. The number of hydrogen-bond donors (Lipinski definition) is 1. The molecule has 11 nitrogen and oxygen atoms in total. The lowest BCUT2D eigenvalue weighted by atomic mass is 10.1. The van der Waals surface area contributed by atoms with Crippen molar-refractivity contribution in [1.29, 1.82) is 0 Å². The summed E-state index contributed by atoms with van der Waals surface area (Å²) in [4.78, 5) is 51.8. The number of nitrogens with one attached hydrogen (secondary N) is 1. The molecule has 2 aromatic rings. The molecule has 2 unspecified atom stereocenters. The Morgan fingerprint density at radius 3 is 2.22 bits per heavy atom. The normalized spacial score (nSPS) is 17.6. The second kappa shape index (κ2) is 14.0. The predicted molar refractivity (Wildman–Crippen MR) is 175 cm³/mol. The molecule has 1 saturated heterocycles. The van der Waals surface area contributed by atoms with Gasteiger partial charge in [-0.2, -0.15) is 0 Å². The van der Waals surface area contributed by atoms with Crippen LogP contribution in [0, 0.1) is 10.1 Å². The second-order valence-electron chi connectivity index (χ2n) is 13.5. The molecule has 45 heavy (non-hydrogen) atoms. The first-order valence-electron chi connectivity index (χ1n) is 14.6. The zero-order valence-electron chi connectivity index (χ0n) is 26.9. The molecule has 2 atom stereocenters. The number of halogens is 2. The van der Waals surface area contributed by atoms with Gasteiger partial charge in [0.05, 0.1) is 10.5 Å². The lowest BCUT2D eigenvalue weighted by molar-refractivity contribution is -0.384. The minimum absolute atomic E-state index is 0.000474. The zero-order valence-corrected chi connectivity index (χ0v) is 29.4. The van der Waals surface area contributed by atoms with E-state index in [9.17, 15) is 24.5 Å². The fourth-order valence-electron chi connectivity index (χ4n) is 4.35. The standard InChI is InChI=1S/C31H41Cl2N3O8Si/c1-30(2,3)43-29(39)35-15-9-10-22(42-28(38)23-16-20(32)17-24(26(23)33)36(40)41)18-25(35)34-27(37)19-11-13-21(14-12-19)44-45(7,8)31(4,5)6/h11-14,16-17,22,25H,9-10,15,18H2,1-8H3,(H,34,37). The van der Waals surface area contributed by atoms with E-state index in [0.717, 1.165) is 6.07 Å². The summed E-state index contributed by atoms with van der Waals surface area (Å²) in [6.45, 7) is 16.1. The van der Waals surface area contributed by atoms with E-state index in [1.54, 1.807) is 45.0 Å². The molecule has 0 aromatic heterocycles. The van der Waals surface area contributed by atoms with Crippen LogP contribution in [0.25, 0.3) is 0 Å². The van der Waals surface area contributed by atoms with E-state index in [0.29, 0.717) is 24.2 Å². The van der Waals surface area contributed by atoms with Gasteiger partial charge in [0.25, 0.3) is 11.6 Å². The number of benzene rings is 2. The molecule has 0 bridgehead atoms. The van der Waals surface area contributed by atoms with Crippen molar-refractivity contribution in [3.63, 3.8) is 0 Å². The third-order valence-corrected chi connectivity index (χ3v) is 12.7. The summed E-state index contributed by atoms with van der Waals surface area (Å²) in [5.41, 5.74) is -1.23. The molecule has 3 rings (SSSR count). The molecule has 1 fully saturated rings. The zero-order chi connectivity index (χ0) is 33.9. The Morgan fingerprint density at radius 2 is 1.67 bits per heavy atom. The van der Waals surface area contributed by atoms with Crippen molar-refractivity contribution in [3.05, 3.63) is 67.7 Å². The van der Waals surface area contributed by atoms with Gasteiger partial charge in [0, 0.05) is 29.6 Å². The fraction of sp³-hybridized carbons (Fsp3) is 0.516. The van der Waals surface area contributed by atoms with E-state index in [1.807, 2.05) is 0 Å². The molecule has 0 saturated carbocycles. The Morgan fingerprint density at radius 1 is 1.04 bits per heavy atom. The topological polar surface area (TPSA) is 137 Å². The van der Waals surface area contributed by atoms with E-state index < -0.39 is 59.8 Å². The largest absolute Gasteiger partial charge is 0.544 e. The average molecular weight is 683 g/mol. The number of esters is 1. The summed E-state index contributed by atoms with van der Waals surface area (Å²) in [7, 11) is -2.08. The summed E-state index contributed by atoms with van der Waals surface area (Å²) < 4.78 is 17.6. The Kier molecular flexibility index (Phi) is 11.2. The SMILES string of the molecule is CC(C)(C)OC(=O)N1CCCC(OC(=O)c2cc(Cl)cc([N+](=O)[O-])c2Cl)CC1NC(=O)c1ccc(O[Si](C)(C)C(C)(C)C)cc1. The number of hydrogen-bond acceptors (Lipinski definition) is 8. The number of rotatable bonds is 7. The van der Waals surface area contributed by atoms with Gasteiger partial charge in [-0.3, -0.25) is 19.8 Å². The van der Waals surface area contributed by atoms with Crippen LogP contribution in [0.4, 0.5) is 10.5 Å². The molecule has 0 spiro atoms. The van der Waals surface area contributed by atoms with Gasteiger partial charge in [-0.25, -0.2) is 9.59 Å². The molecule has 1 heterocycles. The van der Waals surface area contributed by atoms with Gasteiger partial charge in [0.2, 0.25) is 8.32 Å². The average Bonchev–Trinajstić information content (AvgIpc) is 3.09. The first-order valence-corrected chi connectivity index (χ1v) is 18.3. The smallest absolute Gasteiger partial charge is 0.411 e. The summed E-state index contributed by atoms with van der Waals surface area (Å²) in [5, 5.41) is 13.8. The molecule has 1 aliphatic heterocycles. The summed E-state index contributed by atoms with van der Waals surface area (Å²) in [5.74, 6) is -0.702. The number of ether oxygens (including phenoxy) is 2. The highest BCUT2D eigenvalue weighted by Gasteiger charge is 2.39. The van der Waals surface area contributed by atoms with Crippen LogP contribution in [0.1, 0.15) is 81.5 Å². The minimum Gasteiger partial charge on any atom is -0.544 e. The molecule has 2 amide bonds. The van der Waals surface area contributed by atoms with Gasteiger partial charge < -0.3 is 19.2 Å². The van der Waals surface area contributed by atoms with E-state index in [1.165, 1.54) is 11.0 Å². The van der Waals surface area contributed by atoms with Crippen molar-refractivity contribution in [2.45, 2.75) is 96.8 Å². The van der Waals surface area contributed by atoms with Gasteiger partial charge in [0.1, 0.15) is 28.6 Å². The van der Waals surface area contributed by atoms with Crippen LogP contribution in [0.2, 0.25) is 28.2 Å². The van der Waals surface area contributed by atoms with E-state index in [4.69, 9.17) is 37.1 Å². The summed E-state index contributed by atoms with van der Waals surface area (Å²) in [6.07, 6.45) is -1.51. The van der Waals surface area contributed by atoms with Crippen molar-refractivity contribution in [1.82, 2.24) is 10.2 Å². The van der Waals surface area contributed by atoms with E-state index >= 15 is 0 Å². The highest BCUT2D eigenvalue weighted by atomic mass is 35.5. The highest BCUT2D eigenvalue weighted by molar-refractivity contribution is 6.74. The molecule has 0 radical (unpaired) electrons. The Balaban J connectivity index is 1.84. The lowest BCUT2D eigenvalue weighted by Gasteiger charge is -2.36. The summed E-state index contributed by atoms with van der Waals surface area (Å²) in [6, 6.07) is 9.03. The van der Waals surface area contributed by atoms with Crippen molar-refractivity contribution in [2.24, 2.45) is 0 Å². The van der Waals surface area contributed by atoms with Gasteiger partial charge in [-0.05, 0) is 82.1 Å². The Labute approximate surface area is 274 Å². The summed E-state index contributed by atoms with van der Waals surface area (Å²) >= 11 is 12.1. The van der Waals surface area contributed by atoms with Crippen molar-refractivity contribution < 1.29 is 33.2 Å². The first-order chi connectivity index (χ1) is 20.7. The van der Waals surface area contributed by atoms with Crippen LogP contribution in [-0.4, -0.2) is 60.5 Å².